The third-order valence-electron chi connectivity index (χ3n) is 2.32. The third-order valence-corrected chi connectivity index (χ3v) is 2.32. The molecule has 5 heteroatoms. The molecule has 0 saturated heterocycles. The van der Waals surface area contributed by atoms with Crippen molar-refractivity contribution >= 4 is 22.9 Å². The number of carboxylic acid groups (broad SMARTS) is 2. The first kappa shape index (κ1) is 10.2. The summed E-state index contributed by atoms with van der Waals surface area (Å²) in [6.45, 7) is 1.73. The monoisotopic (exact) mass is 220 g/mol. The van der Waals surface area contributed by atoms with Gasteiger partial charge in [0, 0.05) is 5.39 Å². The highest BCUT2D eigenvalue weighted by Gasteiger charge is 2.25. The van der Waals surface area contributed by atoms with Crippen molar-refractivity contribution in [2.75, 3.05) is 0 Å². The zero-order valence-corrected chi connectivity index (χ0v) is 8.35. The minimum Gasteiger partial charge on any atom is -0.478 e. The molecule has 0 aliphatic carbocycles. The molecule has 0 spiro atoms. The molecule has 0 amide bonds. The molecule has 0 unspecified atom stereocenters. The summed E-state index contributed by atoms with van der Waals surface area (Å²) in [5.74, 6) is -3.22. The van der Waals surface area contributed by atoms with Crippen molar-refractivity contribution < 1.29 is 24.2 Å². The van der Waals surface area contributed by atoms with Gasteiger partial charge >= 0.3 is 11.9 Å². The van der Waals surface area contributed by atoms with Crippen molar-refractivity contribution in [1.82, 2.24) is 0 Å². The molecule has 1 aromatic heterocycles. The molecule has 0 atom stereocenters. The van der Waals surface area contributed by atoms with Gasteiger partial charge in [0.15, 0.2) is 0 Å². The zero-order chi connectivity index (χ0) is 11.9. The number of hydrogen-bond donors (Lipinski definition) is 2. The topological polar surface area (TPSA) is 87.7 Å². The quantitative estimate of drug-likeness (QED) is 0.809. The van der Waals surface area contributed by atoms with Gasteiger partial charge in [-0.25, -0.2) is 9.59 Å². The molecule has 2 aromatic rings. The van der Waals surface area contributed by atoms with Gasteiger partial charge in [-0.1, -0.05) is 18.2 Å². The predicted molar refractivity (Wildman–Crippen MR) is 54.9 cm³/mol. The number of para-hydroxylation sites is 1. The van der Waals surface area contributed by atoms with Crippen LogP contribution in [-0.2, 0) is 0 Å². The molecule has 0 fully saturated rings. The molecule has 0 saturated carbocycles. The van der Waals surface area contributed by atoms with E-state index < -0.39 is 17.7 Å². The normalized spacial score (nSPS) is 10.6. The zero-order valence-electron chi connectivity index (χ0n) is 8.35. The molecule has 1 aromatic carbocycles. The van der Waals surface area contributed by atoms with Crippen LogP contribution in [0.4, 0.5) is 0 Å². The third kappa shape index (κ3) is 1.33. The van der Waals surface area contributed by atoms with Gasteiger partial charge in [-0.2, -0.15) is 0 Å². The van der Waals surface area contributed by atoms with Crippen LogP contribution in [-0.4, -0.2) is 22.2 Å². The first-order chi connectivity index (χ1) is 7.52. The lowest BCUT2D eigenvalue weighted by Gasteiger charge is -1.93. The summed E-state index contributed by atoms with van der Waals surface area (Å²) in [5, 5.41) is 18.1. The van der Waals surface area contributed by atoms with E-state index in [2.05, 4.69) is 0 Å². The van der Waals surface area contributed by atoms with Crippen molar-refractivity contribution in [3.8, 4) is 0 Å². The molecule has 0 aliphatic rings. The molecule has 0 aliphatic heterocycles. The SMILES string of the molecule is Cc1cccc2c(C(=O)O)c(C(=O)O)oc12. The van der Waals surface area contributed by atoms with E-state index in [1.54, 1.807) is 19.1 Å². The Morgan fingerprint density at radius 2 is 1.88 bits per heavy atom. The molecule has 16 heavy (non-hydrogen) atoms. The Labute approximate surface area is 89.9 Å². The van der Waals surface area contributed by atoms with Crippen molar-refractivity contribution in [3.63, 3.8) is 0 Å². The first-order valence-corrected chi connectivity index (χ1v) is 4.51. The Balaban J connectivity index is 2.92. The highest BCUT2D eigenvalue weighted by molar-refractivity contribution is 6.10. The van der Waals surface area contributed by atoms with Gasteiger partial charge in [-0.15, -0.1) is 0 Å². The highest BCUT2D eigenvalue weighted by atomic mass is 16.4. The fraction of sp³-hybridized carbons (Fsp3) is 0.0909. The Morgan fingerprint density at radius 1 is 1.19 bits per heavy atom. The number of aryl methyl sites for hydroxylation is 1. The number of rotatable bonds is 2. The van der Waals surface area contributed by atoms with E-state index in [1.807, 2.05) is 0 Å². The molecule has 5 nitrogen and oxygen atoms in total. The lowest BCUT2D eigenvalue weighted by atomic mass is 10.1. The van der Waals surface area contributed by atoms with Crippen LogP contribution in [0.25, 0.3) is 11.0 Å². The van der Waals surface area contributed by atoms with Gasteiger partial charge in [-0.05, 0) is 12.5 Å². The van der Waals surface area contributed by atoms with Crippen LogP contribution in [0.5, 0.6) is 0 Å². The summed E-state index contributed by atoms with van der Waals surface area (Å²) < 4.78 is 5.07. The molecular formula is C11H8O5. The molecule has 0 radical (unpaired) electrons. The Kier molecular flexibility index (Phi) is 2.16. The molecule has 1 heterocycles. The summed E-state index contributed by atoms with van der Waals surface area (Å²) >= 11 is 0. The fourth-order valence-corrected chi connectivity index (χ4v) is 1.62. The molecule has 2 N–H and O–H groups in total. The molecule has 82 valence electrons. The second-order valence-corrected chi connectivity index (χ2v) is 3.37. The number of hydrogen-bond acceptors (Lipinski definition) is 3. The van der Waals surface area contributed by atoms with E-state index in [4.69, 9.17) is 14.6 Å². The second-order valence-electron chi connectivity index (χ2n) is 3.37. The second kappa shape index (κ2) is 3.37. The van der Waals surface area contributed by atoms with E-state index >= 15 is 0 Å². The van der Waals surface area contributed by atoms with Gasteiger partial charge in [-0.3, -0.25) is 0 Å². The highest BCUT2D eigenvalue weighted by Crippen LogP contribution is 2.28. The Hall–Kier alpha value is -2.30. The summed E-state index contributed by atoms with van der Waals surface area (Å²) in [6, 6.07) is 4.91. The van der Waals surface area contributed by atoms with Crippen LogP contribution >= 0.6 is 0 Å². The molecule has 2 rings (SSSR count). The fourth-order valence-electron chi connectivity index (χ4n) is 1.62. The van der Waals surface area contributed by atoms with Crippen LogP contribution in [0.15, 0.2) is 22.6 Å². The average Bonchev–Trinajstić information content (AvgIpc) is 2.58. The maximum atomic E-state index is 11.0. The van der Waals surface area contributed by atoms with Crippen LogP contribution in [0.2, 0.25) is 0 Å². The van der Waals surface area contributed by atoms with E-state index in [0.29, 0.717) is 16.5 Å². The van der Waals surface area contributed by atoms with Crippen LogP contribution in [0.1, 0.15) is 26.5 Å². The minimum atomic E-state index is -1.38. The summed E-state index contributed by atoms with van der Waals surface area (Å²) in [4.78, 5) is 21.8. The summed E-state index contributed by atoms with van der Waals surface area (Å²) in [7, 11) is 0. The first-order valence-electron chi connectivity index (χ1n) is 4.51. The Bertz CT molecular complexity index is 594. The van der Waals surface area contributed by atoms with Gasteiger partial charge < -0.3 is 14.6 Å². The number of fused-ring (bicyclic) bond motifs is 1. The predicted octanol–water partition coefficient (Wildman–Crippen LogP) is 2.14. The smallest absolute Gasteiger partial charge is 0.372 e. The van der Waals surface area contributed by atoms with Gasteiger partial charge in [0.25, 0.3) is 0 Å². The minimum absolute atomic E-state index is 0.300. The maximum absolute atomic E-state index is 11.0. The number of carboxylic acids is 2. The van der Waals surface area contributed by atoms with Crippen molar-refractivity contribution in [2.45, 2.75) is 6.92 Å². The van der Waals surface area contributed by atoms with E-state index in [0.717, 1.165) is 0 Å². The Morgan fingerprint density at radius 3 is 2.44 bits per heavy atom. The van der Waals surface area contributed by atoms with Crippen LogP contribution in [0.3, 0.4) is 0 Å². The maximum Gasteiger partial charge on any atom is 0.372 e. The van der Waals surface area contributed by atoms with E-state index in [-0.39, 0.29) is 5.56 Å². The van der Waals surface area contributed by atoms with E-state index in [1.165, 1.54) is 6.07 Å². The van der Waals surface area contributed by atoms with Crippen molar-refractivity contribution in [1.29, 1.82) is 0 Å². The number of carbonyl (C=O) groups is 2. The van der Waals surface area contributed by atoms with Gasteiger partial charge in [0.2, 0.25) is 5.76 Å². The van der Waals surface area contributed by atoms with Crippen molar-refractivity contribution in [2.24, 2.45) is 0 Å². The summed E-state index contributed by atoms with van der Waals surface area (Å²) in [5.41, 5.74) is 0.705. The van der Waals surface area contributed by atoms with Gasteiger partial charge in [0.1, 0.15) is 11.1 Å². The van der Waals surface area contributed by atoms with Gasteiger partial charge in [0.05, 0.1) is 0 Å². The lowest BCUT2D eigenvalue weighted by Crippen LogP contribution is -2.04. The molecule has 0 bridgehead atoms. The largest absolute Gasteiger partial charge is 0.478 e. The lowest BCUT2D eigenvalue weighted by molar-refractivity contribution is 0.0628. The summed E-state index contributed by atoms with van der Waals surface area (Å²) in [6.07, 6.45) is 0. The van der Waals surface area contributed by atoms with Crippen molar-refractivity contribution in [3.05, 3.63) is 35.1 Å². The van der Waals surface area contributed by atoms with E-state index in [9.17, 15) is 9.59 Å². The van der Waals surface area contributed by atoms with Crippen LogP contribution < -0.4 is 0 Å². The number of furan rings is 1. The molecular weight excluding hydrogens is 212 g/mol. The average molecular weight is 220 g/mol. The van der Waals surface area contributed by atoms with Crippen LogP contribution in [0, 0.1) is 6.92 Å². The standard InChI is InChI=1S/C11H8O5/c1-5-3-2-4-6-7(10(12)13)9(11(14)15)16-8(5)6/h2-4H,1H3,(H,12,13)(H,14,15). The number of benzene rings is 1. The number of aromatic carboxylic acids is 2.